The molecule has 0 bridgehead atoms. The molecule has 108 valence electrons. The Kier molecular flexibility index (Phi) is 4.58. The third-order valence-electron chi connectivity index (χ3n) is 3.14. The summed E-state index contributed by atoms with van der Waals surface area (Å²) in [6, 6.07) is 8.41. The van der Waals surface area contributed by atoms with Gasteiger partial charge in [-0.1, -0.05) is 31.2 Å². The van der Waals surface area contributed by atoms with Crippen LogP contribution in [0.5, 0.6) is 0 Å². The molecule has 0 unspecified atom stereocenters. The summed E-state index contributed by atoms with van der Waals surface area (Å²) in [5.74, 6) is 0. The molecule has 1 aromatic heterocycles. The molecule has 0 aliphatic carbocycles. The number of benzene rings is 1. The standard InChI is InChI=1S/C16H21NO2S/c1-5-11-6-8-12(9-7-11)15-17-13(10-19-4)14(20-15)16(2,3)18/h6-9,18H,5,10H2,1-4H3. The Morgan fingerprint density at radius 1 is 1.25 bits per heavy atom. The molecule has 3 nitrogen and oxygen atoms in total. The summed E-state index contributed by atoms with van der Waals surface area (Å²) in [5, 5.41) is 11.2. The topological polar surface area (TPSA) is 42.4 Å². The normalized spacial score (nSPS) is 11.8. The first kappa shape index (κ1) is 15.2. The number of aliphatic hydroxyl groups is 1. The van der Waals surface area contributed by atoms with E-state index in [1.54, 1.807) is 21.0 Å². The second kappa shape index (κ2) is 6.04. The fourth-order valence-electron chi connectivity index (χ4n) is 2.07. The maximum Gasteiger partial charge on any atom is 0.124 e. The van der Waals surface area contributed by atoms with Gasteiger partial charge in [0.25, 0.3) is 0 Å². The molecule has 0 saturated heterocycles. The average Bonchev–Trinajstić information content (AvgIpc) is 2.83. The molecule has 4 heteroatoms. The Morgan fingerprint density at radius 3 is 2.40 bits per heavy atom. The highest BCUT2D eigenvalue weighted by atomic mass is 32.1. The first-order valence-corrected chi connectivity index (χ1v) is 7.58. The molecular weight excluding hydrogens is 270 g/mol. The van der Waals surface area contributed by atoms with Gasteiger partial charge in [-0.05, 0) is 25.8 Å². The number of methoxy groups -OCH3 is 1. The number of ether oxygens (including phenoxy) is 1. The molecule has 1 aromatic carbocycles. The number of hydrogen-bond donors (Lipinski definition) is 1. The zero-order chi connectivity index (χ0) is 14.8. The van der Waals surface area contributed by atoms with Gasteiger partial charge in [0.15, 0.2) is 0 Å². The Balaban J connectivity index is 2.41. The lowest BCUT2D eigenvalue weighted by Crippen LogP contribution is -2.16. The number of nitrogens with zero attached hydrogens (tertiary/aromatic N) is 1. The van der Waals surface area contributed by atoms with Gasteiger partial charge >= 0.3 is 0 Å². The molecule has 0 radical (unpaired) electrons. The van der Waals surface area contributed by atoms with Gasteiger partial charge in [-0.3, -0.25) is 0 Å². The van der Waals surface area contributed by atoms with E-state index >= 15 is 0 Å². The monoisotopic (exact) mass is 291 g/mol. The SMILES string of the molecule is CCc1ccc(-c2nc(COC)c(C(C)(C)O)s2)cc1. The van der Waals surface area contributed by atoms with Crippen LogP contribution in [0.15, 0.2) is 24.3 Å². The minimum absolute atomic E-state index is 0.420. The van der Waals surface area contributed by atoms with Crippen molar-refractivity contribution in [3.05, 3.63) is 40.4 Å². The van der Waals surface area contributed by atoms with Crippen molar-refractivity contribution >= 4 is 11.3 Å². The zero-order valence-electron chi connectivity index (χ0n) is 12.4. The van der Waals surface area contributed by atoms with Gasteiger partial charge in [0.1, 0.15) is 5.01 Å². The van der Waals surface area contributed by atoms with Crippen LogP contribution in [-0.2, 0) is 23.4 Å². The van der Waals surface area contributed by atoms with Crippen LogP contribution in [0, 0.1) is 0 Å². The van der Waals surface area contributed by atoms with Crippen LogP contribution in [0.25, 0.3) is 10.6 Å². The predicted octanol–water partition coefficient (Wildman–Crippen LogP) is 3.75. The lowest BCUT2D eigenvalue weighted by atomic mass is 10.1. The Hall–Kier alpha value is -1.23. The van der Waals surface area contributed by atoms with Crippen LogP contribution in [0.4, 0.5) is 0 Å². The summed E-state index contributed by atoms with van der Waals surface area (Å²) in [6.45, 7) is 6.12. The molecule has 0 aliphatic rings. The van der Waals surface area contributed by atoms with E-state index in [9.17, 15) is 5.11 Å². The van der Waals surface area contributed by atoms with Gasteiger partial charge in [-0.25, -0.2) is 4.98 Å². The van der Waals surface area contributed by atoms with Crippen molar-refractivity contribution < 1.29 is 9.84 Å². The fourth-order valence-corrected chi connectivity index (χ4v) is 3.15. The third-order valence-corrected chi connectivity index (χ3v) is 4.60. The van der Waals surface area contributed by atoms with Crippen molar-refractivity contribution in [2.24, 2.45) is 0 Å². The second-order valence-electron chi connectivity index (χ2n) is 5.34. The molecule has 0 spiro atoms. The van der Waals surface area contributed by atoms with E-state index in [0.29, 0.717) is 6.61 Å². The van der Waals surface area contributed by atoms with Gasteiger partial charge in [0.05, 0.1) is 22.8 Å². The molecule has 2 rings (SSSR count). The number of aromatic nitrogens is 1. The molecule has 0 amide bonds. The minimum atomic E-state index is -0.896. The van der Waals surface area contributed by atoms with E-state index in [-0.39, 0.29) is 0 Å². The van der Waals surface area contributed by atoms with Crippen molar-refractivity contribution in [3.63, 3.8) is 0 Å². The Bertz CT molecular complexity index is 567. The van der Waals surface area contributed by atoms with Crippen LogP contribution in [0.3, 0.4) is 0 Å². The second-order valence-corrected chi connectivity index (χ2v) is 6.34. The predicted molar refractivity (Wildman–Crippen MR) is 82.9 cm³/mol. The fraction of sp³-hybridized carbons (Fsp3) is 0.438. The zero-order valence-corrected chi connectivity index (χ0v) is 13.3. The molecule has 1 N–H and O–H groups in total. The van der Waals surface area contributed by atoms with Crippen molar-refractivity contribution in [2.75, 3.05) is 7.11 Å². The van der Waals surface area contributed by atoms with Crippen molar-refractivity contribution in [1.29, 1.82) is 0 Å². The molecule has 0 fully saturated rings. The summed E-state index contributed by atoms with van der Waals surface area (Å²) in [7, 11) is 1.64. The first-order valence-electron chi connectivity index (χ1n) is 6.76. The smallest absolute Gasteiger partial charge is 0.124 e. The average molecular weight is 291 g/mol. The van der Waals surface area contributed by atoms with Gasteiger partial charge < -0.3 is 9.84 Å². The number of thiazole rings is 1. The van der Waals surface area contributed by atoms with Gasteiger partial charge in [0.2, 0.25) is 0 Å². The summed E-state index contributed by atoms with van der Waals surface area (Å²) >= 11 is 1.53. The Labute approximate surface area is 124 Å². The molecule has 0 atom stereocenters. The molecule has 0 aliphatic heterocycles. The molecular formula is C16H21NO2S. The van der Waals surface area contributed by atoms with E-state index in [1.807, 2.05) is 0 Å². The summed E-state index contributed by atoms with van der Waals surface area (Å²) in [5.41, 5.74) is 2.32. The lowest BCUT2D eigenvalue weighted by molar-refractivity contribution is 0.0782. The van der Waals surface area contributed by atoms with Gasteiger partial charge in [-0.15, -0.1) is 11.3 Å². The Morgan fingerprint density at radius 2 is 1.90 bits per heavy atom. The summed E-state index contributed by atoms with van der Waals surface area (Å²) in [6.07, 6.45) is 1.03. The van der Waals surface area contributed by atoms with Gasteiger partial charge in [0, 0.05) is 12.7 Å². The molecule has 20 heavy (non-hydrogen) atoms. The third kappa shape index (κ3) is 3.26. The minimum Gasteiger partial charge on any atom is -0.385 e. The van der Waals surface area contributed by atoms with Crippen LogP contribution >= 0.6 is 11.3 Å². The largest absolute Gasteiger partial charge is 0.385 e. The highest BCUT2D eigenvalue weighted by molar-refractivity contribution is 7.15. The highest BCUT2D eigenvalue weighted by Gasteiger charge is 2.25. The van der Waals surface area contributed by atoms with Crippen LogP contribution in [0.2, 0.25) is 0 Å². The van der Waals surface area contributed by atoms with E-state index < -0.39 is 5.60 Å². The van der Waals surface area contributed by atoms with Crippen molar-refractivity contribution in [3.8, 4) is 10.6 Å². The van der Waals surface area contributed by atoms with Crippen LogP contribution < -0.4 is 0 Å². The van der Waals surface area contributed by atoms with E-state index in [0.717, 1.165) is 27.6 Å². The maximum absolute atomic E-state index is 10.3. The number of hydrogen-bond acceptors (Lipinski definition) is 4. The number of rotatable bonds is 5. The first-order chi connectivity index (χ1) is 9.45. The highest BCUT2D eigenvalue weighted by Crippen LogP contribution is 2.35. The van der Waals surface area contributed by atoms with E-state index in [2.05, 4.69) is 36.2 Å². The summed E-state index contributed by atoms with van der Waals surface area (Å²) in [4.78, 5) is 5.50. The van der Waals surface area contributed by atoms with E-state index in [1.165, 1.54) is 16.9 Å². The van der Waals surface area contributed by atoms with E-state index in [4.69, 9.17) is 4.74 Å². The lowest BCUT2D eigenvalue weighted by Gasteiger charge is -2.16. The summed E-state index contributed by atoms with van der Waals surface area (Å²) < 4.78 is 5.18. The maximum atomic E-state index is 10.3. The van der Waals surface area contributed by atoms with Gasteiger partial charge in [-0.2, -0.15) is 0 Å². The number of aryl methyl sites for hydroxylation is 1. The van der Waals surface area contributed by atoms with Crippen molar-refractivity contribution in [1.82, 2.24) is 4.98 Å². The quantitative estimate of drug-likeness (QED) is 0.912. The molecule has 2 aromatic rings. The molecule has 0 saturated carbocycles. The molecule has 1 heterocycles. The van der Waals surface area contributed by atoms with Crippen molar-refractivity contribution in [2.45, 2.75) is 39.4 Å². The van der Waals surface area contributed by atoms with Crippen LogP contribution in [-0.4, -0.2) is 17.2 Å². The van der Waals surface area contributed by atoms with Crippen LogP contribution in [0.1, 0.15) is 36.9 Å².